The Hall–Kier alpha value is -2.51. The summed E-state index contributed by atoms with van der Waals surface area (Å²) >= 11 is 0. The maximum atomic E-state index is 13.4. The van der Waals surface area contributed by atoms with Crippen LogP contribution in [0.3, 0.4) is 0 Å². The monoisotopic (exact) mass is 383 g/mol. The van der Waals surface area contributed by atoms with Crippen LogP contribution in [0.4, 0.5) is 19.0 Å². The Morgan fingerprint density at radius 1 is 1.22 bits per heavy atom. The summed E-state index contributed by atoms with van der Waals surface area (Å²) in [6, 6.07) is 4.30. The molecule has 1 aliphatic heterocycles. The molecule has 0 bridgehead atoms. The van der Waals surface area contributed by atoms with Crippen molar-refractivity contribution in [2.75, 3.05) is 18.6 Å². The SMILES string of the molecule is CCN1c2cc(OCc3cc(F)c(F)cc3C)nc(=O)n2CC[C@@H]1C.CF. The van der Waals surface area contributed by atoms with Gasteiger partial charge in [-0.2, -0.15) is 4.98 Å². The van der Waals surface area contributed by atoms with Crippen molar-refractivity contribution >= 4 is 5.82 Å². The number of benzene rings is 1. The number of hydrogen-bond donors (Lipinski definition) is 0. The average Bonchev–Trinajstić information content (AvgIpc) is 2.65. The first kappa shape index (κ1) is 20.8. The lowest BCUT2D eigenvalue weighted by Crippen LogP contribution is -2.43. The molecule has 0 saturated heterocycles. The summed E-state index contributed by atoms with van der Waals surface area (Å²) < 4.78 is 43.4. The van der Waals surface area contributed by atoms with Gasteiger partial charge in [0.25, 0.3) is 0 Å². The number of halogens is 3. The minimum absolute atomic E-state index is 0.0145. The third kappa shape index (κ3) is 4.43. The lowest BCUT2D eigenvalue weighted by Gasteiger charge is -2.36. The summed E-state index contributed by atoms with van der Waals surface area (Å²) in [4.78, 5) is 18.3. The summed E-state index contributed by atoms with van der Waals surface area (Å²) in [6.45, 7) is 7.23. The lowest BCUT2D eigenvalue weighted by atomic mass is 10.1. The number of fused-ring (bicyclic) bond motifs is 1. The predicted molar refractivity (Wildman–Crippen MR) is 98.1 cm³/mol. The standard InChI is InChI=1S/C18H21F2N3O2.CH3F/c1-4-22-12(3)5-6-23-17(22)9-16(21-18(23)24)25-10-13-8-15(20)14(19)7-11(13)2;1-2/h7-9,12H,4-6,10H2,1-3H3;1H3/t12-;/m0./s1. The fraction of sp³-hybridized carbons (Fsp3) is 0.474. The van der Waals surface area contributed by atoms with E-state index in [1.54, 1.807) is 17.6 Å². The molecule has 3 rings (SSSR count). The Kier molecular flexibility index (Phi) is 6.87. The van der Waals surface area contributed by atoms with E-state index in [1.807, 2.05) is 6.92 Å². The summed E-state index contributed by atoms with van der Waals surface area (Å²) in [6.07, 6.45) is 0.886. The molecule has 1 aromatic carbocycles. The molecule has 1 aliphatic rings. The van der Waals surface area contributed by atoms with Crippen LogP contribution in [0.1, 0.15) is 31.4 Å². The Bertz CT molecular complexity index is 855. The molecule has 0 amide bonds. The minimum Gasteiger partial charge on any atom is -0.473 e. The van der Waals surface area contributed by atoms with E-state index in [1.165, 1.54) is 0 Å². The Morgan fingerprint density at radius 3 is 2.56 bits per heavy atom. The maximum absolute atomic E-state index is 13.4. The molecule has 1 atom stereocenters. The zero-order valence-electron chi connectivity index (χ0n) is 15.9. The molecule has 0 unspecified atom stereocenters. The smallest absolute Gasteiger partial charge is 0.352 e. The highest BCUT2D eigenvalue weighted by atomic mass is 19.2. The average molecular weight is 383 g/mol. The van der Waals surface area contributed by atoms with Gasteiger partial charge in [0.2, 0.25) is 5.88 Å². The molecule has 0 saturated carbocycles. The van der Waals surface area contributed by atoms with E-state index in [-0.39, 0.29) is 18.2 Å². The van der Waals surface area contributed by atoms with Crippen molar-refractivity contribution in [3.05, 3.63) is 51.4 Å². The molecule has 0 N–H and O–H groups in total. The second kappa shape index (κ2) is 8.92. The number of aromatic nitrogens is 2. The van der Waals surface area contributed by atoms with Crippen LogP contribution < -0.4 is 15.3 Å². The van der Waals surface area contributed by atoms with Gasteiger partial charge < -0.3 is 9.64 Å². The van der Waals surface area contributed by atoms with E-state index < -0.39 is 11.6 Å². The number of hydrogen-bond acceptors (Lipinski definition) is 4. The Morgan fingerprint density at radius 2 is 1.89 bits per heavy atom. The first-order valence-corrected chi connectivity index (χ1v) is 8.74. The van der Waals surface area contributed by atoms with E-state index in [0.29, 0.717) is 30.9 Å². The predicted octanol–water partition coefficient (Wildman–Crippen LogP) is 3.61. The third-order valence-corrected chi connectivity index (χ3v) is 4.66. The van der Waals surface area contributed by atoms with Gasteiger partial charge in [-0.1, -0.05) is 0 Å². The lowest BCUT2D eigenvalue weighted by molar-refractivity contribution is 0.288. The number of alkyl halides is 1. The van der Waals surface area contributed by atoms with Crippen LogP contribution in [0.2, 0.25) is 0 Å². The van der Waals surface area contributed by atoms with Gasteiger partial charge in [0.15, 0.2) is 11.6 Å². The zero-order chi connectivity index (χ0) is 20.1. The van der Waals surface area contributed by atoms with Crippen LogP contribution >= 0.6 is 0 Å². The van der Waals surface area contributed by atoms with Gasteiger partial charge in [0.05, 0.1) is 7.18 Å². The molecule has 27 heavy (non-hydrogen) atoms. The molecule has 0 radical (unpaired) electrons. The van der Waals surface area contributed by atoms with Gasteiger partial charge in [-0.15, -0.1) is 0 Å². The van der Waals surface area contributed by atoms with Crippen molar-refractivity contribution in [2.24, 2.45) is 0 Å². The zero-order valence-corrected chi connectivity index (χ0v) is 15.9. The van der Waals surface area contributed by atoms with Gasteiger partial charge in [-0.25, -0.2) is 13.6 Å². The van der Waals surface area contributed by atoms with E-state index in [4.69, 9.17) is 4.74 Å². The summed E-state index contributed by atoms with van der Waals surface area (Å²) in [7, 11) is 0.500. The Balaban J connectivity index is 0.00000126. The second-order valence-electron chi connectivity index (χ2n) is 6.29. The first-order chi connectivity index (χ1) is 12.9. The number of anilines is 1. The van der Waals surface area contributed by atoms with Crippen molar-refractivity contribution in [3.8, 4) is 5.88 Å². The van der Waals surface area contributed by atoms with Crippen LogP contribution in [0.15, 0.2) is 23.0 Å². The highest BCUT2D eigenvalue weighted by Crippen LogP contribution is 2.26. The number of ether oxygens (including phenoxy) is 1. The van der Waals surface area contributed by atoms with Gasteiger partial charge in [-0.05, 0) is 50.5 Å². The van der Waals surface area contributed by atoms with E-state index in [2.05, 4.69) is 16.8 Å². The molecule has 2 heterocycles. The van der Waals surface area contributed by atoms with Gasteiger partial charge in [-0.3, -0.25) is 8.96 Å². The number of rotatable bonds is 4. The van der Waals surface area contributed by atoms with Gasteiger partial charge in [0.1, 0.15) is 12.4 Å². The fourth-order valence-corrected chi connectivity index (χ4v) is 3.16. The van der Waals surface area contributed by atoms with E-state index >= 15 is 0 Å². The summed E-state index contributed by atoms with van der Waals surface area (Å²) in [5.74, 6) is -0.848. The van der Waals surface area contributed by atoms with Crippen LogP contribution in [0, 0.1) is 18.6 Å². The topological polar surface area (TPSA) is 47.4 Å². The van der Waals surface area contributed by atoms with Gasteiger partial charge >= 0.3 is 5.69 Å². The number of aryl methyl sites for hydroxylation is 1. The molecule has 0 fully saturated rings. The van der Waals surface area contributed by atoms with Crippen molar-refractivity contribution in [1.82, 2.24) is 9.55 Å². The summed E-state index contributed by atoms with van der Waals surface area (Å²) in [5, 5.41) is 0. The summed E-state index contributed by atoms with van der Waals surface area (Å²) in [5.41, 5.74) is 0.733. The molecule has 0 aliphatic carbocycles. The quantitative estimate of drug-likeness (QED) is 0.809. The molecule has 8 heteroatoms. The van der Waals surface area contributed by atoms with Crippen LogP contribution in [0.25, 0.3) is 0 Å². The second-order valence-corrected chi connectivity index (χ2v) is 6.29. The normalized spacial score (nSPS) is 15.7. The van der Waals surface area contributed by atoms with Crippen molar-refractivity contribution in [2.45, 2.75) is 46.4 Å². The first-order valence-electron chi connectivity index (χ1n) is 8.74. The van der Waals surface area contributed by atoms with E-state index in [9.17, 15) is 18.0 Å². The minimum atomic E-state index is -0.923. The molecule has 1 aromatic heterocycles. The number of nitrogens with zero attached hydrogens (tertiary/aromatic N) is 3. The third-order valence-electron chi connectivity index (χ3n) is 4.66. The van der Waals surface area contributed by atoms with Crippen molar-refractivity contribution < 1.29 is 17.9 Å². The molecular formula is C19H24F3N3O2. The maximum Gasteiger partial charge on any atom is 0.352 e. The fourth-order valence-electron chi connectivity index (χ4n) is 3.16. The molecule has 5 nitrogen and oxygen atoms in total. The van der Waals surface area contributed by atoms with Crippen molar-refractivity contribution in [3.63, 3.8) is 0 Å². The van der Waals surface area contributed by atoms with E-state index in [0.717, 1.165) is 30.9 Å². The Labute approximate surface area is 156 Å². The largest absolute Gasteiger partial charge is 0.473 e. The van der Waals surface area contributed by atoms with Crippen LogP contribution in [0.5, 0.6) is 5.88 Å². The van der Waals surface area contributed by atoms with Crippen LogP contribution in [-0.4, -0.2) is 29.3 Å². The molecule has 148 valence electrons. The van der Waals surface area contributed by atoms with Crippen LogP contribution in [-0.2, 0) is 13.2 Å². The van der Waals surface area contributed by atoms with Crippen molar-refractivity contribution in [1.29, 1.82) is 0 Å². The van der Waals surface area contributed by atoms with Gasteiger partial charge in [0, 0.05) is 25.2 Å². The highest BCUT2D eigenvalue weighted by molar-refractivity contribution is 5.44. The molecule has 2 aromatic rings. The molecule has 0 spiro atoms. The molecular weight excluding hydrogens is 359 g/mol. The highest BCUT2D eigenvalue weighted by Gasteiger charge is 2.24.